The molecule has 1 fully saturated rings. The van der Waals surface area contributed by atoms with Crippen molar-refractivity contribution in [3.63, 3.8) is 0 Å². The van der Waals surface area contributed by atoms with Gasteiger partial charge >= 0.3 is 0 Å². The van der Waals surface area contributed by atoms with Crippen LogP contribution in [-0.2, 0) is 4.74 Å². The van der Waals surface area contributed by atoms with Crippen molar-refractivity contribution in [1.82, 2.24) is 9.80 Å². The molecule has 0 spiro atoms. The number of hydrogen-bond donors (Lipinski definition) is 0. The fourth-order valence-corrected chi connectivity index (χ4v) is 2.04. The van der Waals surface area contributed by atoms with Gasteiger partial charge in [0.1, 0.15) is 0 Å². The van der Waals surface area contributed by atoms with Crippen LogP contribution in [0.5, 0.6) is 0 Å². The zero-order chi connectivity index (χ0) is 10.2. The minimum atomic E-state index is 0.0791. The first-order valence-corrected chi connectivity index (χ1v) is 5.22. The lowest BCUT2D eigenvalue weighted by Gasteiger charge is -2.44. The van der Waals surface area contributed by atoms with E-state index >= 15 is 0 Å². The van der Waals surface area contributed by atoms with Crippen LogP contribution in [0.4, 0.5) is 0 Å². The Kier molecular flexibility index (Phi) is 2.39. The first-order valence-electron chi connectivity index (χ1n) is 5.22. The van der Waals surface area contributed by atoms with E-state index in [0.29, 0.717) is 0 Å². The molecule has 14 heavy (non-hydrogen) atoms. The maximum absolute atomic E-state index is 5.49. The minimum absolute atomic E-state index is 0.0791. The first kappa shape index (κ1) is 9.77. The second kappa shape index (κ2) is 3.42. The molecule has 0 amide bonds. The maximum Gasteiger partial charge on any atom is 0.197 e. The fraction of sp³-hybridized carbons (Fsp3) is 0.900. The van der Waals surface area contributed by atoms with Gasteiger partial charge in [0.25, 0.3) is 0 Å². The van der Waals surface area contributed by atoms with Gasteiger partial charge in [-0.1, -0.05) is 0 Å². The average Bonchev–Trinajstić information content (AvgIpc) is 2.51. The van der Waals surface area contributed by atoms with Crippen LogP contribution in [0.1, 0.15) is 13.8 Å². The van der Waals surface area contributed by atoms with Crippen molar-refractivity contribution in [2.24, 2.45) is 4.99 Å². The Hall–Kier alpha value is -0.770. The molecule has 0 aromatic carbocycles. The van der Waals surface area contributed by atoms with Crippen LogP contribution >= 0.6 is 0 Å². The summed E-state index contributed by atoms with van der Waals surface area (Å²) >= 11 is 0. The van der Waals surface area contributed by atoms with Crippen molar-refractivity contribution in [2.45, 2.75) is 19.4 Å². The van der Waals surface area contributed by atoms with Crippen molar-refractivity contribution < 1.29 is 4.74 Å². The molecule has 0 radical (unpaired) electrons. The van der Waals surface area contributed by atoms with Crippen LogP contribution < -0.4 is 0 Å². The highest BCUT2D eigenvalue weighted by atomic mass is 16.5. The summed E-state index contributed by atoms with van der Waals surface area (Å²) in [6.07, 6.45) is 0. The summed E-state index contributed by atoms with van der Waals surface area (Å²) in [5.41, 5.74) is 0.0791. The molecule has 2 heterocycles. The van der Waals surface area contributed by atoms with E-state index in [1.54, 1.807) is 0 Å². The molecule has 0 unspecified atom stereocenters. The van der Waals surface area contributed by atoms with Crippen LogP contribution in [0.2, 0.25) is 0 Å². The van der Waals surface area contributed by atoms with Crippen molar-refractivity contribution in [1.29, 1.82) is 0 Å². The average molecular weight is 197 g/mol. The number of guanidine groups is 1. The van der Waals surface area contributed by atoms with Crippen molar-refractivity contribution >= 4 is 5.96 Å². The lowest BCUT2D eigenvalue weighted by atomic mass is 10.0. The minimum Gasteiger partial charge on any atom is -0.377 e. The Labute approximate surface area is 85.5 Å². The highest BCUT2D eigenvalue weighted by Gasteiger charge is 2.35. The lowest BCUT2D eigenvalue weighted by molar-refractivity contribution is -0.0192. The van der Waals surface area contributed by atoms with E-state index in [0.717, 1.165) is 38.8 Å². The zero-order valence-electron chi connectivity index (χ0n) is 9.29. The molecule has 0 aliphatic carbocycles. The molecular formula is C10H19N3O. The van der Waals surface area contributed by atoms with E-state index in [4.69, 9.17) is 4.74 Å². The zero-order valence-corrected chi connectivity index (χ0v) is 9.29. The van der Waals surface area contributed by atoms with Gasteiger partial charge in [0, 0.05) is 20.1 Å². The van der Waals surface area contributed by atoms with Crippen LogP contribution in [0.15, 0.2) is 4.99 Å². The smallest absolute Gasteiger partial charge is 0.197 e. The molecule has 0 aromatic heterocycles. The number of morpholine rings is 1. The van der Waals surface area contributed by atoms with Crippen LogP contribution in [0.25, 0.3) is 0 Å². The standard InChI is InChI=1S/C10H19N3O/c1-10(2)8-14-7-6-13(10)9-11-4-5-12(9)3/h4-8H2,1-3H3. The Balaban J connectivity index is 2.15. The third-order valence-corrected chi connectivity index (χ3v) is 2.92. The fourth-order valence-electron chi connectivity index (χ4n) is 2.04. The topological polar surface area (TPSA) is 28.1 Å². The van der Waals surface area contributed by atoms with Crippen LogP contribution in [-0.4, -0.2) is 61.2 Å². The number of hydrogen-bond acceptors (Lipinski definition) is 4. The second-order valence-corrected chi connectivity index (χ2v) is 4.62. The van der Waals surface area contributed by atoms with Gasteiger partial charge in [0.05, 0.1) is 25.3 Å². The molecule has 4 nitrogen and oxygen atoms in total. The summed E-state index contributed by atoms with van der Waals surface area (Å²) < 4.78 is 5.49. The molecule has 0 bridgehead atoms. The van der Waals surface area contributed by atoms with Gasteiger partial charge in [-0.25, -0.2) is 0 Å². The van der Waals surface area contributed by atoms with Gasteiger partial charge in [-0.05, 0) is 13.8 Å². The predicted molar refractivity (Wildman–Crippen MR) is 56.5 cm³/mol. The molecule has 0 saturated carbocycles. The Morgan fingerprint density at radius 1 is 1.36 bits per heavy atom. The van der Waals surface area contributed by atoms with Crippen molar-refractivity contribution in [2.75, 3.05) is 39.9 Å². The summed E-state index contributed by atoms with van der Waals surface area (Å²) in [5, 5.41) is 0. The summed E-state index contributed by atoms with van der Waals surface area (Å²) in [6.45, 7) is 8.95. The molecule has 1 saturated heterocycles. The maximum atomic E-state index is 5.49. The molecule has 80 valence electrons. The Bertz CT molecular complexity index is 250. The Morgan fingerprint density at radius 3 is 2.71 bits per heavy atom. The lowest BCUT2D eigenvalue weighted by Crippen LogP contribution is -2.58. The van der Waals surface area contributed by atoms with E-state index in [-0.39, 0.29) is 5.54 Å². The molecule has 0 atom stereocenters. The molecular weight excluding hydrogens is 178 g/mol. The third-order valence-electron chi connectivity index (χ3n) is 2.92. The molecule has 4 heteroatoms. The van der Waals surface area contributed by atoms with E-state index in [1.807, 2.05) is 0 Å². The number of ether oxygens (including phenoxy) is 1. The number of nitrogens with zero attached hydrogens (tertiary/aromatic N) is 3. The number of aliphatic imine (C=N–C) groups is 1. The summed E-state index contributed by atoms with van der Waals surface area (Å²) in [6, 6.07) is 0. The number of rotatable bonds is 0. The monoisotopic (exact) mass is 197 g/mol. The molecule has 2 aliphatic rings. The van der Waals surface area contributed by atoms with Gasteiger partial charge < -0.3 is 14.5 Å². The molecule has 2 aliphatic heterocycles. The molecule has 0 N–H and O–H groups in total. The van der Waals surface area contributed by atoms with Crippen molar-refractivity contribution in [3.05, 3.63) is 0 Å². The summed E-state index contributed by atoms with van der Waals surface area (Å²) in [7, 11) is 2.11. The van der Waals surface area contributed by atoms with Crippen LogP contribution in [0, 0.1) is 0 Å². The van der Waals surface area contributed by atoms with E-state index in [2.05, 4.69) is 35.7 Å². The Morgan fingerprint density at radius 2 is 2.14 bits per heavy atom. The second-order valence-electron chi connectivity index (χ2n) is 4.62. The van der Waals surface area contributed by atoms with Gasteiger partial charge in [-0.2, -0.15) is 0 Å². The van der Waals surface area contributed by atoms with Crippen molar-refractivity contribution in [3.8, 4) is 0 Å². The van der Waals surface area contributed by atoms with E-state index in [1.165, 1.54) is 0 Å². The molecule has 2 rings (SSSR count). The highest BCUT2D eigenvalue weighted by Crippen LogP contribution is 2.21. The largest absolute Gasteiger partial charge is 0.377 e. The predicted octanol–water partition coefficient (Wildman–Crippen LogP) is 0.399. The third kappa shape index (κ3) is 1.59. The van der Waals surface area contributed by atoms with Gasteiger partial charge in [-0.3, -0.25) is 4.99 Å². The van der Waals surface area contributed by atoms with Crippen LogP contribution in [0.3, 0.4) is 0 Å². The van der Waals surface area contributed by atoms with E-state index in [9.17, 15) is 0 Å². The SMILES string of the molecule is CN1CCN=C1N1CCOCC1(C)C. The quantitative estimate of drug-likeness (QED) is 0.562. The number of likely N-dealkylation sites (N-methyl/N-ethyl adjacent to an activating group) is 1. The normalized spacial score (nSPS) is 26.6. The van der Waals surface area contributed by atoms with Gasteiger partial charge in [-0.15, -0.1) is 0 Å². The van der Waals surface area contributed by atoms with Gasteiger partial charge in [0.15, 0.2) is 5.96 Å². The summed E-state index contributed by atoms with van der Waals surface area (Å²) in [4.78, 5) is 9.14. The first-order chi connectivity index (χ1) is 6.61. The highest BCUT2D eigenvalue weighted by molar-refractivity contribution is 5.82. The molecule has 0 aromatic rings. The van der Waals surface area contributed by atoms with Gasteiger partial charge in [0.2, 0.25) is 0 Å². The van der Waals surface area contributed by atoms with E-state index < -0.39 is 0 Å². The summed E-state index contributed by atoms with van der Waals surface area (Å²) in [5.74, 6) is 1.14.